The van der Waals surface area contributed by atoms with Crippen LogP contribution in [-0.2, 0) is 0 Å². The summed E-state index contributed by atoms with van der Waals surface area (Å²) in [4.78, 5) is 8.80. The summed E-state index contributed by atoms with van der Waals surface area (Å²) in [5, 5.41) is 20.0. The first-order valence-electron chi connectivity index (χ1n) is 13.1. The number of alkyl halides is 1. The topological polar surface area (TPSA) is 101 Å². The van der Waals surface area contributed by atoms with Crippen molar-refractivity contribution in [2.75, 3.05) is 17.3 Å². The molecule has 0 aliphatic carbocycles. The number of rotatable bonds is 10. The molecule has 10 heteroatoms. The fraction of sp³-hybridized carbons (Fsp3) is 0.233. The van der Waals surface area contributed by atoms with E-state index in [0.29, 0.717) is 21.8 Å². The summed E-state index contributed by atoms with van der Waals surface area (Å²) < 4.78 is 13.3. The van der Waals surface area contributed by atoms with Gasteiger partial charge in [0, 0.05) is 35.9 Å². The number of hydrogen-bond acceptors (Lipinski definition) is 8. The zero-order chi connectivity index (χ0) is 28.1. The third kappa shape index (κ3) is 5.64. The molecule has 4 aromatic rings. The van der Waals surface area contributed by atoms with Crippen LogP contribution in [0.15, 0.2) is 85.1 Å². The molecule has 1 aliphatic rings. The lowest BCUT2D eigenvalue weighted by atomic mass is 10.0. The lowest BCUT2D eigenvalue weighted by molar-refractivity contribution is 0.178. The molecule has 0 saturated heterocycles. The summed E-state index contributed by atoms with van der Waals surface area (Å²) >= 11 is 6.77. The smallest absolute Gasteiger partial charge is 0.111 e. The Morgan fingerprint density at radius 1 is 1.10 bits per heavy atom. The summed E-state index contributed by atoms with van der Waals surface area (Å²) in [6.45, 7) is 3.38. The maximum atomic E-state index is 13.3. The van der Waals surface area contributed by atoms with E-state index in [1.54, 1.807) is 30.5 Å². The zero-order valence-electron chi connectivity index (χ0n) is 22.2. The number of nitriles is 1. The number of benzene rings is 2. The van der Waals surface area contributed by atoms with E-state index in [9.17, 15) is 9.65 Å². The average molecular weight is 557 g/mol. The maximum Gasteiger partial charge on any atom is 0.111 e. The van der Waals surface area contributed by atoms with E-state index in [1.165, 1.54) is 0 Å². The molecule has 0 unspecified atom stereocenters. The molecule has 0 bridgehead atoms. The summed E-state index contributed by atoms with van der Waals surface area (Å²) in [6, 6.07) is 19.3. The molecule has 8 nitrogen and oxygen atoms in total. The number of fused-ring (bicyclic) bond motifs is 1. The number of nitrogens with one attached hydrogen (secondary N) is 4. The van der Waals surface area contributed by atoms with Gasteiger partial charge in [0.1, 0.15) is 12.7 Å². The predicted molar refractivity (Wildman–Crippen MR) is 157 cm³/mol. The highest BCUT2D eigenvalue weighted by atomic mass is 35.5. The van der Waals surface area contributed by atoms with E-state index < -0.39 is 6.67 Å². The number of anilines is 2. The van der Waals surface area contributed by atoms with Crippen LogP contribution in [0.1, 0.15) is 49.0 Å². The SMILES string of the molecule is CC[C@@H](Nc1c(C#N)cnc2c(Cl)cc(N[C@H](C3=CN([C@@H](C)CF)NN3)c3cccnc3)cc12)c1ccccc1. The molecular formula is C30H30ClFN8. The predicted octanol–water partition coefficient (Wildman–Crippen LogP) is 6.40. The molecule has 4 N–H and O–H groups in total. The van der Waals surface area contributed by atoms with Crippen molar-refractivity contribution in [1.29, 1.82) is 5.26 Å². The van der Waals surface area contributed by atoms with E-state index in [1.807, 2.05) is 48.7 Å². The highest BCUT2D eigenvalue weighted by Crippen LogP contribution is 2.37. The number of halogens is 2. The number of nitrogens with zero attached hydrogens (tertiary/aromatic N) is 4. The van der Waals surface area contributed by atoms with Crippen molar-refractivity contribution in [1.82, 2.24) is 25.9 Å². The van der Waals surface area contributed by atoms with E-state index in [0.717, 1.165) is 34.3 Å². The van der Waals surface area contributed by atoms with Crippen molar-refractivity contribution in [2.45, 2.75) is 38.4 Å². The van der Waals surface area contributed by atoms with Crippen molar-refractivity contribution in [2.24, 2.45) is 0 Å². The Morgan fingerprint density at radius 3 is 2.60 bits per heavy atom. The van der Waals surface area contributed by atoms with Gasteiger partial charge in [-0.2, -0.15) is 5.26 Å². The van der Waals surface area contributed by atoms with Crippen LogP contribution in [0.3, 0.4) is 0 Å². The van der Waals surface area contributed by atoms with Gasteiger partial charge in [0.05, 0.1) is 45.6 Å². The first-order valence-corrected chi connectivity index (χ1v) is 13.5. The Bertz CT molecular complexity index is 1540. The standard InChI is InChI=1S/C30H30ClFN8/c1-3-26(20-8-5-4-6-9-20)37-28-22(15-33)17-35-30-24(28)12-23(13-25(30)31)36-29(21-10-7-11-34-16-21)27-18-40(39-38-27)19(2)14-32/h4-13,16-19,26,29,36,38-39H,3,14H2,1-2H3,(H,35,37)/t19-,26+,29-/m0/s1. The number of hydrogen-bond donors (Lipinski definition) is 4. The van der Waals surface area contributed by atoms with Crippen LogP contribution in [0.4, 0.5) is 15.8 Å². The molecule has 3 heterocycles. The van der Waals surface area contributed by atoms with E-state index in [-0.39, 0.29) is 18.1 Å². The summed E-state index contributed by atoms with van der Waals surface area (Å²) in [5.41, 5.74) is 11.4. The van der Waals surface area contributed by atoms with Crippen LogP contribution in [0.25, 0.3) is 10.9 Å². The Hall–Kier alpha value is -4.39. The highest BCUT2D eigenvalue weighted by molar-refractivity contribution is 6.35. The molecule has 1 aliphatic heterocycles. The lowest BCUT2D eigenvalue weighted by Gasteiger charge is -2.23. The number of aromatic nitrogens is 2. The second-order valence-electron chi connectivity index (χ2n) is 9.62. The molecule has 0 amide bonds. The van der Waals surface area contributed by atoms with Crippen LogP contribution in [0, 0.1) is 11.3 Å². The molecule has 3 atom stereocenters. The van der Waals surface area contributed by atoms with Crippen molar-refractivity contribution >= 4 is 33.9 Å². The summed E-state index contributed by atoms with van der Waals surface area (Å²) in [7, 11) is 0. The molecule has 0 spiro atoms. The van der Waals surface area contributed by atoms with Crippen LogP contribution >= 0.6 is 11.6 Å². The minimum absolute atomic E-state index is 0.0140. The molecular weight excluding hydrogens is 527 g/mol. The van der Waals surface area contributed by atoms with Gasteiger partial charge in [-0.1, -0.05) is 54.9 Å². The molecule has 0 saturated carbocycles. The van der Waals surface area contributed by atoms with Crippen molar-refractivity contribution in [3.05, 3.63) is 107 Å². The van der Waals surface area contributed by atoms with Gasteiger partial charge in [-0.05, 0) is 42.7 Å². The van der Waals surface area contributed by atoms with Crippen molar-refractivity contribution in [3.63, 3.8) is 0 Å². The summed E-state index contributed by atoms with van der Waals surface area (Å²) in [5.74, 6) is 0. The second kappa shape index (κ2) is 12.2. The first-order chi connectivity index (χ1) is 19.5. The van der Waals surface area contributed by atoms with Gasteiger partial charge in [0.2, 0.25) is 0 Å². The van der Waals surface area contributed by atoms with Gasteiger partial charge < -0.3 is 16.1 Å². The van der Waals surface area contributed by atoms with E-state index >= 15 is 0 Å². The molecule has 2 aromatic heterocycles. The lowest BCUT2D eigenvalue weighted by Crippen LogP contribution is -2.43. The largest absolute Gasteiger partial charge is 0.377 e. The van der Waals surface area contributed by atoms with Gasteiger partial charge in [-0.25, -0.2) is 4.39 Å². The Morgan fingerprint density at radius 2 is 1.90 bits per heavy atom. The van der Waals surface area contributed by atoms with Crippen LogP contribution in [-0.4, -0.2) is 27.7 Å². The monoisotopic (exact) mass is 556 g/mol. The molecule has 204 valence electrons. The minimum atomic E-state index is -0.504. The van der Waals surface area contributed by atoms with Crippen molar-refractivity contribution in [3.8, 4) is 6.07 Å². The fourth-order valence-electron chi connectivity index (χ4n) is 4.72. The molecule has 0 fully saturated rings. The fourth-order valence-corrected chi connectivity index (χ4v) is 4.99. The zero-order valence-corrected chi connectivity index (χ0v) is 23.0. The number of hydrazine groups is 2. The molecule has 0 radical (unpaired) electrons. The molecule has 2 aromatic carbocycles. The Kier molecular flexibility index (Phi) is 8.29. The van der Waals surface area contributed by atoms with Crippen LogP contribution in [0.5, 0.6) is 0 Å². The normalized spacial score (nSPS) is 15.1. The summed E-state index contributed by atoms with van der Waals surface area (Å²) in [6.07, 6.45) is 7.70. The average Bonchev–Trinajstić information content (AvgIpc) is 3.49. The van der Waals surface area contributed by atoms with Gasteiger partial charge in [-0.15, -0.1) is 5.53 Å². The van der Waals surface area contributed by atoms with Crippen LogP contribution < -0.4 is 21.6 Å². The molecule has 5 rings (SSSR count). The van der Waals surface area contributed by atoms with Crippen LogP contribution in [0.2, 0.25) is 5.02 Å². The maximum absolute atomic E-state index is 13.3. The Labute approximate surface area is 237 Å². The van der Waals surface area contributed by atoms with Gasteiger partial charge >= 0.3 is 0 Å². The highest BCUT2D eigenvalue weighted by Gasteiger charge is 2.25. The second-order valence-corrected chi connectivity index (χ2v) is 10.0. The van der Waals surface area contributed by atoms with E-state index in [4.69, 9.17) is 11.6 Å². The van der Waals surface area contributed by atoms with Gasteiger partial charge in [-0.3, -0.25) is 15.0 Å². The third-order valence-electron chi connectivity index (χ3n) is 6.92. The molecule has 40 heavy (non-hydrogen) atoms. The van der Waals surface area contributed by atoms with E-state index in [2.05, 4.69) is 56.7 Å². The number of pyridine rings is 2. The first kappa shape index (κ1) is 27.2. The third-order valence-corrected chi connectivity index (χ3v) is 7.21. The van der Waals surface area contributed by atoms with Crippen molar-refractivity contribution < 1.29 is 4.39 Å². The van der Waals surface area contributed by atoms with Gasteiger partial charge in [0.25, 0.3) is 0 Å². The minimum Gasteiger partial charge on any atom is -0.377 e. The Balaban J connectivity index is 1.57. The quantitative estimate of drug-likeness (QED) is 0.178. The van der Waals surface area contributed by atoms with Gasteiger partial charge in [0.15, 0.2) is 0 Å².